The van der Waals surface area contributed by atoms with Crippen LogP contribution in [0.4, 0.5) is 4.39 Å². The summed E-state index contributed by atoms with van der Waals surface area (Å²) in [6, 6.07) is 8.41. The molecule has 0 aliphatic heterocycles. The number of hydrogen-bond donors (Lipinski definition) is 3. The van der Waals surface area contributed by atoms with E-state index in [0.717, 1.165) is 25.9 Å². The molecule has 0 bridgehead atoms. The molecule has 1 atom stereocenters. The first-order valence-corrected chi connectivity index (χ1v) is 9.08. The van der Waals surface area contributed by atoms with Gasteiger partial charge in [-0.3, -0.25) is 10.0 Å². The number of hydrogen-bond acceptors (Lipinski definition) is 5. The lowest BCUT2D eigenvalue weighted by molar-refractivity contribution is -0.136. The van der Waals surface area contributed by atoms with Crippen LogP contribution in [0, 0.1) is 12.7 Å². The monoisotopic (exact) mass is 366 g/mol. The number of aryl methyl sites for hydroxylation is 1. The maximum absolute atomic E-state index is 13.3. The highest BCUT2D eigenvalue weighted by Gasteiger charge is 2.19. The molecule has 1 unspecified atom stereocenters. The second-order valence-corrected chi connectivity index (χ2v) is 6.78. The maximum Gasteiger partial charge on any atom is 0.284 e. The molecule has 7 heteroatoms. The van der Waals surface area contributed by atoms with Crippen LogP contribution < -0.4 is 15.5 Å². The van der Waals surface area contributed by atoms with Crippen molar-refractivity contribution < 1.29 is 19.1 Å². The molecule has 0 saturated carbocycles. The van der Waals surface area contributed by atoms with Gasteiger partial charge in [0.25, 0.3) is 5.91 Å². The zero-order valence-electron chi connectivity index (χ0n) is 14.1. The second-order valence-electron chi connectivity index (χ2n) is 5.75. The fourth-order valence-electron chi connectivity index (χ4n) is 2.37. The third-order valence-electron chi connectivity index (χ3n) is 3.76. The fourth-order valence-corrected chi connectivity index (χ4v) is 3.05. The number of thiophene rings is 1. The molecule has 0 aliphatic carbocycles. The summed E-state index contributed by atoms with van der Waals surface area (Å²) < 4.78 is 18.9. The van der Waals surface area contributed by atoms with Crippen molar-refractivity contribution in [2.75, 3.05) is 6.54 Å². The van der Waals surface area contributed by atoms with Crippen LogP contribution in [0.2, 0.25) is 0 Å². The van der Waals surface area contributed by atoms with Crippen molar-refractivity contribution in [1.82, 2.24) is 10.8 Å². The summed E-state index contributed by atoms with van der Waals surface area (Å²) in [5, 5.41) is 14.3. The van der Waals surface area contributed by atoms with Crippen LogP contribution in [-0.2, 0) is 11.3 Å². The smallest absolute Gasteiger partial charge is 0.284 e. The van der Waals surface area contributed by atoms with Gasteiger partial charge in [0.15, 0.2) is 6.10 Å². The van der Waals surface area contributed by atoms with Crippen molar-refractivity contribution in [2.24, 2.45) is 0 Å². The number of carbonyl (C=O) groups excluding carboxylic acids is 1. The van der Waals surface area contributed by atoms with Crippen LogP contribution in [0.1, 0.15) is 29.7 Å². The second kappa shape index (κ2) is 10.1. The zero-order chi connectivity index (χ0) is 18.1. The molecule has 0 aliphatic rings. The SMILES string of the molecule is Cc1cc(OC(CCCCNCc2cccs2)C(=O)NO)ccc1F. The first-order valence-electron chi connectivity index (χ1n) is 8.20. The number of nitrogens with one attached hydrogen (secondary N) is 2. The van der Waals surface area contributed by atoms with Gasteiger partial charge in [0, 0.05) is 11.4 Å². The van der Waals surface area contributed by atoms with Gasteiger partial charge < -0.3 is 10.1 Å². The summed E-state index contributed by atoms with van der Waals surface area (Å²) in [5.41, 5.74) is 2.07. The van der Waals surface area contributed by atoms with E-state index < -0.39 is 12.0 Å². The van der Waals surface area contributed by atoms with Gasteiger partial charge in [-0.2, -0.15) is 0 Å². The number of halogens is 1. The summed E-state index contributed by atoms with van der Waals surface area (Å²) >= 11 is 1.71. The summed E-state index contributed by atoms with van der Waals surface area (Å²) in [6.07, 6.45) is 1.29. The van der Waals surface area contributed by atoms with Gasteiger partial charge in [0.05, 0.1) is 0 Å². The molecule has 0 saturated heterocycles. The van der Waals surface area contributed by atoms with E-state index in [9.17, 15) is 9.18 Å². The van der Waals surface area contributed by atoms with Crippen molar-refractivity contribution >= 4 is 17.2 Å². The Morgan fingerprint density at radius 3 is 2.88 bits per heavy atom. The molecule has 1 aromatic heterocycles. The third-order valence-corrected chi connectivity index (χ3v) is 4.64. The van der Waals surface area contributed by atoms with E-state index in [1.807, 2.05) is 11.4 Å². The van der Waals surface area contributed by atoms with Gasteiger partial charge in [0.1, 0.15) is 11.6 Å². The van der Waals surface area contributed by atoms with E-state index in [1.54, 1.807) is 23.7 Å². The standard InChI is InChI=1S/C18H23FN2O3S/c1-13-11-14(7-8-16(13)19)24-17(18(22)21-23)6-2-3-9-20-12-15-5-4-10-25-15/h4-5,7-8,10-11,17,20,23H,2-3,6,9,12H2,1H3,(H,21,22). The molecule has 136 valence electrons. The topological polar surface area (TPSA) is 70.6 Å². The third kappa shape index (κ3) is 6.45. The van der Waals surface area contributed by atoms with Gasteiger partial charge in [-0.25, -0.2) is 9.87 Å². The zero-order valence-corrected chi connectivity index (χ0v) is 14.9. The van der Waals surface area contributed by atoms with Crippen LogP contribution in [0.5, 0.6) is 5.75 Å². The summed E-state index contributed by atoms with van der Waals surface area (Å²) in [6.45, 7) is 3.30. The molecule has 0 fully saturated rings. The molecule has 2 aromatic rings. The number of benzene rings is 1. The van der Waals surface area contributed by atoms with Gasteiger partial charge in [-0.15, -0.1) is 11.3 Å². The maximum atomic E-state index is 13.3. The van der Waals surface area contributed by atoms with Crippen molar-refractivity contribution in [1.29, 1.82) is 0 Å². The summed E-state index contributed by atoms with van der Waals surface area (Å²) in [7, 11) is 0. The normalized spacial score (nSPS) is 12.0. The molecule has 1 amide bonds. The van der Waals surface area contributed by atoms with E-state index in [0.29, 0.717) is 17.7 Å². The summed E-state index contributed by atoms with van der Waals surface area (Å²) in [4.78, 5) is 13.1. The molecule has 0 spiro atoms. The fraction of sp³-hybridized carbons (Fsp3) is 0.389. The molecule has 3 N–H and O–H groups in total. The van der Waals surface area contributed by atoms with Crippen LogP contribution >= 0.6 is 11.3 Å². The van der Waals surface area contributed by atoms with E-state index in [-0.39, 0.29) is 5.82 Å². The van der Waals surface area contributed by atoms with Crippen molar-refractivity contribution in [2.45, 2.75) is 38.8 Å². The molecule has 5 nitrogen and oxygen atoms in total. The lowest BCUT2D eigenvalue weighted by atomic mass is 10.1. The lowest BCUT2D eigenvalue weighted by Gasteiger charge is -2.17. The molecular weight excluding hydrogens is 343 g/mol. The Balaban J connectivity index is 1.75. The van der Waals surface area contributed by atoms with Crippen molar-refractivity contribution in [3.05, 3.63) is 52.0 Å². The Labute approximate surface area is 150 Å². The molecule has 2 rings (SSSR count). The predicted octanol–water partition coefficient (Wildman–Crippen LogP) is 3.41. The Morgan fingerprint density at radius 2 is 2.20 bits per heavy atom. The predicted molar refractivity (Wildman–Crippen MR) is 95.4 cm³/mol. The Kier molecular flexibility index (Phi) is 7.84. The number of amides is 1. The molecular formula is C18H23FN2O3S. The van der Waals surface area contributed by atoms with E-state index >= 15 is 0 Å². The van der Waals surface area contributed by atoms with Crippen LogP contribution in [0.3, 0.4) is 0 Å². The van der Waals surface area contributed by atoms with Gasteiger partial charge in [-0.1, -0.05) is 6.07 Å². The summed E-state index contributed by atoms with van der Waals surface area (Å²) in [5.74, 6) is -0.524. The Hall–Kier alpha value is -1.96. The highest BCUT2D eigenvalue weighted by atomic mass is 32.1. The molecule has 1 aromatic carbocycles. The van der Waals surface area contributed by atoms with Crippen molar-refractivity contribution in [3.8, 4) is 5.75 Å². The van der Waals surface area contributed by atoms with Gasteiger partial charge in [0.2, 0.25) is 0 Å². The van der Waals surface area contributed by atoms with E-state index in [4.69, 9.17) is 9.94 Å². The molecule has 25 heavy (non-hydrogen) atoms. The first kappa shape index (κ1) is 19.4. The van der Waals surface area contributed by atoms with Crippen LogP contribution in [0.15, 0.2) is 35.7 Å². The number of hydroxylamine groups is 1. The van der Waals surface area contributed by atoms with E-state index in [1.165, 1.54) is 23.1 Å². The molecule has 1 heterocycles. The quantitative estimate of drug-likeness (QED) is 0.342. The van der Waals surface area contributed by atoms with Gasteiger partial charge >= 0.3 is 0 Å². The van der Waals surface area contributed by atoms with Crippen LogP contribution in [0.25, 0.3) is 0 Å². The highest BCUT2D eigenvalue weighted by molar-refractivity contribution is 7.09. The number of carbonyl (C=O) groups is 1. The van der Waals surface area contributed by atoms with Crippen LogP contribution in [-0.4, -0.2) is 23.8 Å². The Morgan fingerprint density at radius 1 is 1.36 bits per heavy atom. The Bertz CT molecular complexity index is 664. The number of ether oxygens (including phenoxy) is 1. The average Bonchev–Trinajstić information content (AvgIpc) is 3.12. The van der Waals surface area contributed by atoms with Crippen molar-refractivity contribution in [3.63, 3.8) is 0 Å². The lowest BCUT2D eigenvalue weighted by Crippen LogP contribution is -2.36. The number of unbranched alkanes of at least 4 members (excludes halogenated alkanes) is 1. The minimum atomic E-state index is -0.813. The average molecular weight is 366 g/mol. The molecule has 0 radical (unpaired) electrons. The van der Waals surface area contributed by atoms with Gasteiger partial charge in [-0.05, 0) is 67.9 Å². The minimum absolute atomic E-state index is 0.327. The first-order chi connectivity index (χ1) is 12.1. The van der Waals surface area contributed by atoms with E-state index in [2.05, 4.69) is 11.4 Å². The largest absolute Gasteiger partial charge is 0.481 e. The minimum Gasteiger partial charge on any atom is -0.481 e. The highest BCUT2D eigenvalue weighted by Crippen LogP contribution is 2.19. The number of rotatable bonds is 10.